The number of benzene rings is 2. The Labute approximate surface area is 316 Å². The molecule has 3 spiro atoms. The number of likely N-dealkylation sites (N-methyl/N-ethyl adjacent to an activating group) is 2. The Morgan fingerprint density at radius 1 is 0.907 bits per heavy atom. The quantitative estimate of drug-likeness (QED) is 0.325. The molecule has 6 unspecified atom stereocenters. The maximum Gasteiger partial charge on any atom is 0.169 e. The standard InChI is InChI=1S/C22H25NO4.C18H19NO3.C4H6O/c1-12(24)14-11-20-6-7-22(14,26-3)19-21(20)8-9-23(2)16(20)10-13-4-5-15(25)18(27-19)17(13)21;1-19-8-7-18-11-4-6-14(21-2)17(18)22-16-13(20)5-3-10(15(16)18)9-12(11)19;1-3-4(2)5/h4-7,14,16,19,25H,8-11H2,1-3H3;3-6,12,17,20H,7-9H2,1-2H3;3H,1H2,2H3/t14-,16?,19?,20-,21?,22-;;/m1../s1. The second-order valence-electron chi connectivity index (χ2n) is 16.7. The van der Waals surface area contributed by atoms with Crippen molar-refractivity contribution in [2.24, 2.45) is 11.3 Å². The summed E-state index contributed by atoms with van der Waals surface area (Å²) in [5, 5.41) is 20.9. The van der Waals surface area contributed by atoms with Crippen molar-refractivity contribution >= 4 is 11.6 Å². The van der Waals surface area contributed by atoms with Gasteiger partial charge in [0.05, 0.1) is 23.9 Å². The molecule has 10 heteroatoms. The molecule has 2 aromatic carbocycles. The largest absolute Gasteiger partial charge is 0.504 e. The summed E-state index contributed by atoms with van der Waals surface area (Å²) in [4.78, 5) is 27.3. The summed E-state index contributed by atoms with van der Waals surface area (Å²) >= 11 is 0. The Kier molecular flexibility index (Phi) is 7.73. The van der Waals surface area contributed by atoms with Gasteiger partial charge in [0.15, 0.2) is 34.9 Å². The average Bonchev–Trinajstić information content (AvgIpc) is 3.72. The fourth-order valence-corrected chi connectivity index (χ4v) is 12.5. The number of ether oxygens (including phenoxy) is 4. The number of hydrogen-bond acceptors (Lipinski definition) is 10. The lowest BCUT2D eigenvalue weighted by molar-refractivity contribution is -0.212. The van der Waals surface area contributed by atoms with E-state index in [0.29, 0.717) is 23.6 Å². The first-order valence-electron chi connectivity index (χ1n) is 19.1. The number of methoxy groups -OCH3 is 2. The zero-order chi connectivity index (χ0) is 38.1. The second kappa shape index (κ2) is 11.8. The van der Waals surface area contributed by atoms with Gasteiger partial charge in [0.25, 0.3) is 0 Å². The van der Waals surface area contributed by atoms with E-state index in [4.69, 9.17) is 18.9 Å². The summed E-state index contributed by atoms with van der Waals surface area (Å²) in [6.45, 7) is 8.37. The van der Waals surface area contributed by atoms with Gasteiger partial charge in [0, 0.05) is 35.7 Å². The van der Waals surface area contributed by atoms with Crippen molar-refractivity contribution < 1.29 is 38.7 Å². The Hall–Kier alpha value is -4.38. The third-order valence-electron chi connectivity index (χ3n) is 14.8. The Bertz CT molecular complexity index is 2100. The van der Waals surface area contributed by atoms with Crippen LogP contribution in [-0.4, -0.2) is 103 Å². The normalized spacial score (nSPS) is 37.4. The molecule has 2 aromatic rings. The molecule has 0 amide bonds. The molecule has 3 fully saturated rings. The number of likely N-dealkylation sites (tertiary alicyclic amines) is 2. The minimum absolute atomic E-state index is 0.0185. The predicted molar refractivity (Wildman–Crippen MR) is 202 cm³/mol. The fourth-order valence-electron chi connectivity index (χ4n) is 12.5. The van der Waals surface area contributed by atoms with Crippen molar-refractivity contribution in [2.45, 2.75) is 86.7 Å². The van der Waals surface area contributed by atoms with Gasteiger partial charge >= 0.3 is 0 Å². The van der Waals surface area contributed by atoms with Gasteiger partial charge in [0.1, 0.15) is 23.2 Å². The van der Waals surface area contributed by atoms with Crippen LogP contribution in [-0.2, 0) is 42.7 Å². The predicted octanol–water partition coefficient (Wildman–Crippen LogP) is 5.08. The molecule has 2 saturated heterocycles. The van der Waals surface area contributed by atoms with Crippen molar-refractivity contribution in [1.29, 1.82) is 0 Å². The molecule has 0 radical (unpaired) electrons. The summed E-state index contributed by atoms with van der Waals surface area (Å²) in [6.07, 6.45) is 14.2. The molecule has 1 saturated carbocycles. The van der Waals surface area contributed by atoms with Crippen LogP contribution < -0.4 is 9.47 Å². The highest BCUT2D eigenvalue weighted by Gasteiger charge is 2.79. The van der Waals surface area contributed by atoms with Crippen molar-refractivity contribution in [3.63, 3.8) is 0 Å². The van der Waals surface area contributed by atoms with E-state index in [9.17, 15) is 19.8 Å². The molecule has 4 aliphatic heterocycles. The number of phenols is 2. The molecule has 9 atom stereocenters. The molecule has 284 valence electrons. The number of fused-ring (bicyclic) bond motifs is 1. The lowest BCUT2D eigenvalue weighted by Crippen LogP contribution is -2.79. The van der Waals surface area contributed by atoms with E-state index in [1.54, 1.807) is 33.3 Å². The van der Waals surface area contributed by atoms with Gasteiger partial charge in [-0.2, -0.15) is 0 Å². The van der Waals surface area contributed by atoms with Gasteiger partial charge < -0.3 is 34.1 Å². The topological polar surface area (TPSA) is 118 Å². The molecule has 4 heterocycles. The minimum Gasteiger partial charge on any atom is -0.504 e. The number of rotatable bonds is 4. The van der Waals surface area contributed by atoms with Crippen LogP contribution in [0.15, 0.2) is 72.6 Å². The highest BCUT2D eigenvalue weighted by atomic mass is 16.6. The van der Waals surface area contributed by atoms with Crippen molar-refractivity contribution in [1.82, 2.24) is 9.80 Å². The first-order valence-corrected chi connectivity index (χ1v) is 19.1. The van der Waals surface area contributed by atoms with Crippen LogP contribution in [0.2, 0.25) is 0 Å². The molecule has 54 heavy (non-hydrogen) atoms. The van der Waals surface area contributed by atoms with Crippen LogP contribution in [0.1, 0.15) is 55.4 Å². The highest BCUT2D eigenvalue weighted by Crippen LogP contribution is 2.74. The summed E-state index contributed by atoms with van der Waals surface area (Å²) in [7, 11) is 7.79. The van der Waals surface area contributed by atoms with E-state index in [-0.39, 0.29) is 57.4 Å². The molecule has 2 N–H and O–H groups in total. The number of piperidine rings is 2. The summed E-state index contributed by atoms with van der Waals surface area (Å²) in [6, 6.07) is 8.39. The van der Waals surface area contributed by atoms with Crippen LogP contribution in [0.5, 0.6) is 23.0 Å². The maximum absolute atomic E-state index is 12.7. The SMILES string of the molecule is C=CC(C)=O.COC1=CC=C2C3Cc4ccc(O)c5c4C2(CCN3C)C1O5.CO[C@]12C=C[C@@]3(C[C@@H]1C(C)=O)C1Cc4ccc(O)c5c4C3(CCN1C)C2O5. The van der Waals surface area contributed by atoms with Gasteiger partial charge in [0.2, 0.25) is 0 Å². The second-order valence-corrected chi connectivity index (χ2v) is 16.7. The van der Waals surface area contributed by atoms with E-state index >= 15 is 0 Å². The van der Waals surface area contributed by atoms with E-state index in [1.807, 2.05) is 6.08 Å². The number of hydrogen-bond donors (Lipinski definition) is 2. The van der Waals surface area contributed by atoms with Crippen LogP contribution in [0.25, 0.3) is 0 Å². The fraction of sp³-hybridized carbons (Fsp3) is 0.500. The number of nitrogens with zero attached hydrogens (tertiary/aromatic N) is 2. The Morgan fingerprint density at radius 3 is 2.22 bits per heavy atom. The monoisotopic (exact) mass is 734 g/mol. The molecule has 6 aliphatic carbocycles. The molecule has 0 aromatic heterocycles. The first kappa shape index (κ1) is 35.3. The number of phenolic OH excluding ortho intramolecular Hbond substituents is 2. The van der Waals surface area contributed by atoms with E-state index in [2.05, 4.69) is 60.8 Å². The number of ketones is 2. The third kappa shape index (κ3) is 4.11. The van der Waals surface area contributed by atoms with Gasteiger partial charge in [-0.05, 0) is 114 Å². The van der Waals surface area contributed by atoms with E-state index < -0.39 is 5.60 Å². The lowest BCUT2D eigenvalue weighted by atomic mass is 9.37. The number of aromatic hydroxyl groups is 2. The minimum atomic E-state index is -0.770. The lowest BCUT2D eigenvalue weighted by Gasteiger charge is -2.70. The highest BCUT2D eigenvalue weighted by molar-refractivity contribution is 5.86. The van der Waals surface area contributed by atoms with Crippen LogP contribution in [0, 0.1) is 11.3 Å². The number of Topliss-reactive ketones (excluding diaryl/α,β-unsaturated/α-hetero) is 1. The van der Waals surface area contributed by atoms with Crippen molar-refractivity contribution in [3.05, 3.63) is 94.8 Å². The molecular weight excluding hydrogens is 684 g/mol. The molecule has 10 aliphatic rings. The zero-order valence-corrected chi connectivity index (χ0v) is 32.0. The van der Waals surface area contributed by atoms with Gasteiger partial charge in [-0.25, -0.2) is 0 Å². The van der Waals surface area contributed by atoms with Crippen LogP contribution in [0.3, 0.4) is 0 Å². The van der Waals surface area contributed by atoms with E-state index in [0.717, 1.165) is 51.0 Å². The summed E-state index contributed by atoms with van der Waals surface area (Å²) in [5.41, 5.74) is 5.08. The van der Waals surface area contributed by atoms with Gasteiger partial charge in [-0.1, -0.05) is 36.9 Å². The summed E-state index contributed by atoms with van der Waals surface area (Å²) in [5.74, 6) is 2.55. The zero-order valence-electron chi connectivity index (χ0n) is 32.0. The molecular formula is C44H50N2O8. The molecule has 12 rings (SSSR count). The average molecular weight is 735 g/mol. The van der Waals surface area contributed by atoms with Crippen LogP contribution >= 0.6 is 0 Å². The number of carbonyl (C=O) groups is 2. The summed E-state index contributed by atoms with van der Waals surface area (Å²) < 4.78 is 24.5. The van der Waals surface area contributed by atoms with Gasteiger partial charge in [-0.15, -0.1) is 0 Å². The van der Waals surface area contributed by atoms with Crippen LogP contribution in [0.4, 0.5) is 0 Å². The first-order chi connectivity index (χ1) is 25.8. The third-order valence-corrected chi connectivity index (χ3v) is 14.8. The van der Waals surface area contributed by atoms with Gasteiger partial charge in [-0.3, -0.25) is 14.5 Å². The van der Waals surface area contributed by atoms with Crippen molar-refractivity contribution in [3.8, 4) is 23.0 Å². The number of carbonyl (C=O) groups excluding carboxylic acids is 2. The smallest absolute Gasteiger partial charge is 0.169 e. The molecule has 10 nitrogen and oxygen atoms in total. The molecule has 6 bridgehead atoms. The number of allylic oxidation sites excluding steroid dienone is 3. The Balaban J connectivity index is 0.000000129. The van der Waals surface area contributed by atoms with Crippen molar-refractivity contribution in [2.75, 3.05) is 41.4 Å². The maximum atomic E-state index is 12.7. The Morgan fingerprint density at radius 2 is 1.57 bits per heavy atom. The van der Waals surface area contributed by atoms with E-state index in [1.165, 1.54) is 40.8 Å².